The second kappa shape index (κ2) is 8.49. The van der Waals surface area contributed by atoms with Crippen molar-refractivity contribution in [1.29, 1.82) is 0 Å². The van der Waals surface area contributed by atoms with Crippen LogP contribution in [0.2, 0.25) is 0 Å². The van der Waals surface area contributed by atoms with Gasteiger partial charge in [-0.1, -0.05) is 97.1 Å². The van der Waals surface area contributed by atoms with Gasteiger partial charge in [-0.3, -0.25) is 0 Å². The van der Waals surface area contributed by atoms with E-state index in [1.165, 1.54) is 43.1 Å². The lowest BCUT2D eigenvalue weighted by Crippen LogP contribution is -2.27. The predicted octanol–water partition coefficient (Wildman–Crippen LogP) is 7.42. The van der Waals surface area contributed by atoms with Crippen LogP contribution in [0.1, 0.15) is 23.2 Å². The summed E-state index contributed by atoms with van der Waals surface area (Å²) in [5.41, 5.74) is 16.0. The quantitative estimate of drug-likeness (QED) is 0.277. The molecule has 0 saturated carbocycles. The highest BCUT2D eigenvalue weighted by Crippen LogP contribution is 2.38. The topological polar surface area (TPSA) is 52.0 Å². The summed E-state index contributed by atoms with van der Waals surface area (Å²) in [5.74, 6) is 0. The molecule has 162 valence electrons. The van der Waals surface area contributed by atoms with Gasteiger partial charge < -0.3 is 11.5 Å². The first-order valence-electron chi connectivity index (χ1n) is 11.0. The van der Waals surface area contributed by atoms with Crippen molar-refractivity contribution in [1.82, 2.24) is 0 Å². The van der Waals surface area contributed by atoms with Crippen LogP contribution < -0.4 is 11.5 Å². The van der Waals surface area contributed by atoms with Gasteiger partial charge in [0.25, 0.3) is 0 Å². The number of benzene rings is 6. The SMILES string of the molecule is Cl.N[C@@H](c1cc2ccccc2c2ccccc12)[C@@H](N)c1cc2ccccc2c2ccccc12. The van der Waals surface area contributed by atoms with Crippen molar-refractivity contribution in [3.8, 4) is 0 Å². The lowest BCUT2D eigenvalue weighted by molar-refractivity contribution is 0.582. The Labute approximate surface area is 199 Å². The third-order valence-electron chi connectivity index (χ3n) is 6.71. The summed E-state index contributed by atoms with van der Waals surface area (Å²) >= 11 is 0. The van der Waals surface area contributed by atoms with E-state index in [2.05, 4.69) is 109 Å². The van der Waals surface area contributed by atoms with Crippen LogP contribution in [0.3, 0.4) is 0 Å². The highest BCUT2D eigenvalue weighted by molar-refractivity contribution is 6.10. The van der Waals surface area contributed by atoms with Gasteiger partial charge in [-0.25, -0.2) is 0 Å². The largest absolute Gasteiger partial charge is 0.322 e. The van der Waals surface area contributed by atoms with Crippen LogP contribution in [-0.2, 0) is 0 Å². The maximum absolute atomic E-state index is 6.94. The molecule has 0 unspecified atom stereocenters. The number of fused-ring (bicyclic) bond motifs is 6. The van der Waals surface area contributed by atoms with Gasteiger partial charge in [0.2, 0.25) is 0 Å². The van der Waals surface area contributed by atoms with E-state index in [9.17, 15) is 0 Å². The van der Waals surface area contributed by atoms with Crippen LogP contribution in [0.5, 0.6) is 0 Å². The normalized spacial score (nSPS) is 13.3. The van der Waals surface area contributed by atoms with E-state index < -0.39 is 0 Å². The zero-order chi connectivity index (χ0) is 21.7. The number of nitrogens with two attached hydrogens (primary N) is 2. The lowest BCUT2D eigenvalue weighted by Gasteiger charge is -2.25. The first kappa shape index (κ1) is 21.4. The molecule has 0 radical (unpaired) electrons. The van der Waals surface area contributed by atoms with Crippen LogP contribution in [0.4, 0.5) is 0 Å². The fraction of sp³-hybridized carbons (Fsp3) is 0.0667. The fourth-order valence-electron chi connectivity index (χ4n) is 5.10. The van der Waals surface area contributed by atoms with Crippen molar-refractivity contribution >= 4 is 55.5 Å². The Morgan fingerprint density at radius 1 is 0.394 bits per heavy atom. The molecule has 0 aliphatic rings. The summed E-state index contributed by atoms with van der Waals surface area (Å²) in [6, 6.07) is 37.7. The van der Waals surface area contributed by atoms with Crippen LogP contribution in [0.15, 0.2) is 109 Å². The summed E-state index contributed by atoms with van der Waals surface area (Å²) in [6.45, 7) is 0. The molecule has 6 aromatic carbocycles. The Kier molecular flexibility index (Phi) is 5.51. The molecule has 0 saturated heterocycles. The van der Waals surface area contributed by atoms with E-state index in [0.29, 0.717) is 0 Å². The van der Waals surface area contributed by atoms with Crippen LogP contribution in [0.25, 0.3) is 43.1 Å². The molecule has 0 aliphatic heterocycles. The van der Waals surface area contributed by atoms with Gasteiger partial charge in [-0.15, -0.1) is 12.4 Å². The summed E-state index contributed by atoms with van der Waals surface area (Å²) in [6.07, 6.45) is 0. The minimum Gasteiger partial charge on any atom is -0.322 e. The molecule has 0 bridgehead atoms. The van der Waals surface area contributed by atoms with Crippen molar-refractivity contribution in [3.05, 3.63) is 120 Å². The van der Waals surface area contributed by atoms with Crippen LogP contribution in [-0.4, -0.2) is 0 Å². The number of hydrogen-bond donors (Lipinski definition) is 2. The minimum absolute atomic E-state index is 0. The molecule has 0 spiro atoms. The van der Waals surface area contributed by atoms with E-state index >= 15 is 0 Å². The molecule has 2 nitrogen and oxygen atoms in total. The average molecular weight is 449 g/mol. The first-order chi connectivity index (χ1) is 15.7. The van der Waals surface area contributed by atoms with E-state index in [4.69, 9.17) is 11.5 Å². The molecule has 0 aromatic heterocycles. The third kappa shape index (κ3) is 3.44. The Morgan fingerprint density at radius 3 is 1.09 bits per heavy atom. The van der Waals surface area contributed by atoms with Crippen molar-refractivity contribution < 1.29 is 0 Å². The number of halogens is 1. The maximum atomic E-state index is 6.94. The Hall–Kier alpha value is -3.43. The lowest BCUT2D eigenvalue weighted by atomic mass is 9.86. The molecular weight excluding hydrogens is 424 g/mol. The number of hydrogen-bond acceptors (Lipinski definition) is 2. The molecule has 33 heavy (non-hydrogen) atoms. The van der Waals surface area contributed by atoms with Crippen LogP contribution in [0, 0.1) is 0 Å². The van der Waals surface area contributed by atoms with Gasteiger partial charge in [0.1, 0.15) is 0 Å². The summed E-state index contributed by atoms with van der Waals surface area (Å²) < 4.78 is 0. The van der Waals surface area contributed by atoms with Gasteiger partial charge in [0.15, 0.2) is 0 Å². The predicted molar refractivity (Wildman–Crippen MR) is 144 cm³/mol. The molecular formula is C30H25ClN2. The molecule has 3 heteroatoms. The highest BCUT2D eigenvalue weighted by Gasteiger charge is 2.23. The molecule has 6 aromatic rings. The number of rotatable bonds is 3. The average Bonchev–Trinajstić information content (AvgIpc) is 2.87. The zero-order valence-electron chi connectivity index (χ0n) is 18.1. The standard InChI is InChI=1S/C30H24N2.ClH/c31-29(27-17-19-9-1-3-11-21(19)23-13-5-7-15-25(23)27)30(32)28-18-20-10-2-4-12-22(20)24-14-6-8-16-26(24)28;/h1-18,29-30H,31-32H2;1H/t29-,30-;/m0./s1. The maximum Gasteiger partial charge on any atom is 0.0497 e. The van der Waals surface area contributed by atoms with E-state index in [1.54, 1.807) is 0 Å². The molecule has 4 N–H and O–H groups in total. The van der Waals surface area contributed by atoms with Gasteiger partial charge in [-0.2, -0.15) is 0 Å². The molecule has 0 heterocycles. The second-order valence-electron chi connectivity index (χ2n) is 8.52. The van der Waals surface area contributed by atoms with Gasteiger partial charge in [0, 0.05) is 12.1 Å². The Bertz CT molecular complexity index is 1500. The summed E-state index contributed by atoms with van der Waals surface area (Å²) in [5, 5.41) is 9.61. The molecule has 0 aliphatic carbocycles. The van der Waals surface area contributed by atoms with Crippen molar-refractivity contribution in [2.75, 3.05) is 0 Å². The monoisotopic (exact) mass is 448 g/mol. The fourth-order valence-corrected chi connectivity index (χ4v) is 5.10. The van der Waals surface area contributed by atoms with E-state index in [-0.39, 0.29) is 24.5 Å². The van der Waals surface area contributed by atoms with Gasteiger partial charge in [0.05, 0.1) is 0 Å². The minimum atomic E-state index is -0.339. The summed E-state index contributed by atoms with van der Waals surface area (Å²) in [7, 11) is 0. The molecule has 0 fully saturated rings. The molecule has 6 rings (SSSR count). The van der Waals surface area contributed by atoms with E-state index in [0.717, 1.165) is 11.1 Å². The van der Waals surface area contributed by atoms with Crippen molar-refractivity contribution in [3.63, 3.8) is 0 Å². The molecule has 2 atom stereocenters. The summed E-state index contributed by atoms with van der Waals surface area (Å²) in [4.78, 5) is 0. The Balaban J connectivity index is 0.00000228. The van der Waals surface area contributed by atoms with Crippen molar-refractivity contribution in [2.45, 2.75) is 12.1 Å². The van der Waals surface area contributed by atoms with Gasteiger partial charge in [-0.05, 0) is 66.3 Å². The zero-order valence-corrected chi connectivity index (χ0v) is 18.9. The first-order valence-corrected chi connectivity index (χ1v) is 11.0. The Morgan fingerprint density at radius 2 is 0.697 bits per heavy atom. The second-order valence-corrected chi connectivity index (χ2v) is 8.52. The molecule has 0 amide bonds. The van der Waals surface area contributed by atoms with Crippen molar-refractivity contribution in [2.24, 2.45) is 11.5 Å². The van der Waals surface area contributed by atoms with Gasteiger partial charge >= 0.3 is 0 Å². The smallest absolute Gasteiger partial charge is 0.0497 e. The highest BCUT2D eigenvalue weighted by atomic mass is 35.5. The third-order valence-corrected chi connectivity index (χ3v) is 6.71. The van der Waals surface area contributed by atoms with E-state index in [1.807, 2.05) is 0 Å². The van der Waals surface area contributed by atoms with Crippen LogP contribution >= 0.6 is 12.4 Å².